The van der Waals surface area contributed by atoms with E-state index in [-0.39, 0.29) is 5.91 Å². The monoisotopic (exact) mass is 404 g/mol. The maximum absolute atomic E-state index is 11.6. The maximum Gasteiger partial charge on any atom is 0.222 e. The molecule has 0 radical (unpaired) electrons. The summed E-state index contributed by atoms with van der Waals surface area (Å²) in [6.45, 7) is 8.75. The molecule has 1 fully saturated rings. The van der Waals surface area contributed by atoms with E-state index in [4.69, 9.17) is 9.47 Å². The molecule has 0 saturated carbocycles. The van der Waals surface area contributed by atoms with Crippen LogP contribution in [0.4, 0.5) is 0 Å². The molecule has 0 unspecified atom stereocenters. The van der Waals surface area contributed by atoms with Gasteiger partial charge in [-0.05, 0) is 57.2 Å². The van der Waals surface area contributed by atoms with Crippen molar-refractivity contribution in [1.29, 1.82) is 0 Å². The third-order valence-electron chi connectivity index (χ3n) is 4.83. The third-order valence-corrected chi connectivity index (χ3v) is 4.83. The average molecular weight is 405 g/mol. The van der Waals surface area contributed by atoms with Gasteiger partial charge in [0, 0.05) is 39.1 Å². The summed E-state index contributed by atoms with van der Waals surface area (Å²) < 4.78 is 11.0. The molecule has 2 rings (SSSR count). The molecule has 1 heterocycles. The first-order valence-corrected chi connectivity index (χ1v) is 10.8. The van der Waals surface area contributed by atoms with Crippen LogP contribution in [0.3, 0.4) is 0 Å². The summed E-state index contributed by atoms with van der Waals surface area (Å²) in [5.41, 5.74) is 1.23. The Morgan fingerprint density at radius 1 is 1.21 bits per heavy atom. The van der Waals surface area contributed by atoms with Gasteiger partial charge in [-0.15, -0.1) is 0 Å². The van der Waals surface area contributed by atoms with E-state index < -0.39 is 0 Å². The predicted octanol–water partition coefficient (Wildman–Crippen LogP) is 2.59. The third kappa shape index (κ3) is 7.83. The molecule has 162 valence electrons. The number of carbonyl (C=O) groups is 1. The van der Waals surface area contributed by atoms with Gasteiger partial charge in [0.15, 0.2) is 17.5 Å². The standard InChI is InChI=1S/C22H36N4O3/c1-4-23-22(25-14-8-16-26-15-7-10-21(26)27)24-13-6-9-18-11-12-19(28-3)20(17-18)29-5-2/h11-12,17H,4-10,13-16H2,1-3H3,(H2,23,24,25). The van der Waals surface area contributed by atoms with Gasteiger partial charge in [0.2, 0.25) is 5.91 Å². The predicted molar refractivity (Wildman–Crippen MR) is 117 cm³/mol. The van der Waals surface area contributed by atoms with Gasteiger partial charge in [-0.25, -0.2) is 0 Å². The fraction of sp³-hybridized carbons (Fsp3) is 0.636. The number of hydrogen-bond donors (Lipinski definition) is 2. The second-order valence-electron chi connectivity index (χ2n) is 7.05. The van der Waals surface area contributed by atoms with Crippen molar-refractivity contribution >= 4 is 11.9 Å². The Morgan fingerprint density at radius 2 is 2.07 bits per heavy atom. The van der Waals surface area contributed by atoms with Crippen LogP contribution in [0, 0.1) is 0 Å². The second kappa shape index (κ2) is 12.9. The Kier molecular flexibility index (Phi) is 10.2. The molecule has 1 aliphatic heterocycles. The number of ether oxygens (including phenoxy) is 2. The van der Waals surface area contributed by atoms with E-state index in [1.807, 2.05) is 17.9 Å². The van der Waals surface area contributed by atoms with Gasteiger partial charge in [-0.3, -0.25) is 9.79 Å². The van der Waals surface area contributed by atoms with Crippen LogP contribution < -0.4 is 20.1 Å². The number of likely N-dealkylation sites (tertiary alicyclic amines) is 1. The molecule has 1 amide bonds. The first kappa shape index (κ1) is 22.8. The molecular weight excluding hydrogens is 368 g/mol. The van der Waals surface area contributed by atoms with Crippen LogP contribution in [0.1, 0.15) is 45.1 Å². The Bertz CT molecular complexity index is 663. The molecule has 0 aliphatic carbocycles. The normalized spacial score (nSPS) is 14.2. The number of aryl methyl sites for hydroxylation is 1. The van der Waals surface area contributed by atoms with E-state index in [1.165, 1.54) is 5.56 Å². The minimum atomic E-state index is 0.282. The Balaban J connectivity index is 1.72. The highest BCUT2D eigenvalue weighted by Gasteiger charge is 2.18. The summed E-state index contributed by atoms with van der Waals surface area (Å²) in [7, 11) is 1.66. The average Bonchev–Trinajstić information content (AvgIpc) is 3.13. The summed E-state index contributed by atoms with van der Waals surface area (Å²) in [5, 5.41) is 6.67. The van der Waals surface area contributed by atoms with Crippen molar-refractivity contribution < 1.29 is 14.3 Å². The van der Waals surface area contributed by atoms with Crippen molar-refractivity contribution in [3.8, 4) is 11.5 Å². The van der Waals surface area contributed by atoms with Crippen molar-refractivity contribution in [3.63, 3.8) is 0 Å². The molecule has 1 aromatic carbocycles. The zero-order valence-electron chi connectivity index (χ0n) is 18.1. The lowest BCUT2D eigenvalue weighted by Gasteiger charge is -2.15. The number of amides is 1. The van der Waals surface area contributed by atoms with Crippen molar-refractivity contribution in [3.05, 3.63) is 23.8 Å². The summed E-state index contributed by atoms with van der Waals surface area (Å²) in [4.78, 5) is 18.2. The van der Waals surface area contributed by atoms with Crippen LogP contribution in [-0.2, 0) is 11.2 Å². The minimum absolute atomic E-state index is 0.282. The van der Waals surface area contributed by atoms with E-state index in [1.54, 1.807) is 7.11 Å². The van der Waals surface area contributed by atoms with E-state index in [9.17, 15) is 4.79 Å². The first-order chi connectivity index (χ1) is 14.2. The number of guanidine groups is 1. The van der Waals surface area contributed by atoms with Crippen LogP contribution in [-0.4, -0.2) is 63.2 Å². The van der Waals surface area contributed by atoms with Crippen molar-refractivity contribution in [2.24, 2.45) is 4.99 Å². The van der Waals surface area contributed by atoms with E-state index in [0.29, 0.717) is 13.0 Å². The number of rotatable bonds is 12. The zero-order valence-corrected chi connectivity index (χ0v) is 18.1. The Labute approximate surface area is 174 Å². The highest BCUT2D eigenvalue weighted by molar-refractivity contribution is 5.79. The highest BCUT2D eigenvalue weighted by Crippen LogP contribution is 2.28. The number of nitrogens with zero attached hydrogens (tertiary/aromatic N) is 2. The van der Waals surface area contributed by atoms with Gasteiger partial charge < -0.3 is 25.0 Å². The number of benzene rings is 1. The quantitative estimate of drug-likeness (QED) is 0.318. The summed E-state index contributed by atoms with van der Waals surface area (Å²) >= 11 is 0. The van der Waals surface area contributed by atoms with E-state index in [2.05, 4.69) is 34.7 Å². The van der Waals surface area contributed by atoms with Gasteiger partial charge in [-0.2, -0.15) is 0 Å². The highest BCUT2D eigenvalue weighted by atomic mass is 16.5. The molecule has 0 atom stereocenters. The lowest BCUT2D eigenvalue weighted by Crippen LogP contribution is -2.38. The van der Waals surface area contributed by atoms with Crippen LogP contribution in [0.25, 0.3) is 0 Å². The molecule has 0 spiro atoms. The topological polar surface area (TPSA) is 75.2 Å². The van der Waals surface area contributed by atoms with Crippen LogP contribution in [0.15, 0.2) is 23.2 Å². The molecule has 1 aliphatic rings. The summed E-state index contributed by atoms with van der Waals surface area (Å²) in [6, 6.07) is 6.10. The smallest absolute Gasteiger partial charge is 0.222 e. The molecule has 29 heavy (non-hydrogen) atoms. The largest absolute Gasteiger partial charge is 0.493 e. The maximum atomic E-state index is 11.6. The molecule has 2 N–H and O–H groups in total. The van der Waals surface area contributed by atoms with Crippen molar-refractivity contribution in [1.82, 2.24) is 15.5 Å². The number of hydrogen-bond acceptors (Lipinski definition) is 4. The number of nitrogens with one attached hydrogen (secondary N) is 2. The van der Waals surface area contributed by atoms with Crippen LogP contribution in [0.5, 0.6) is 11.5 Å². The fourth-order valence-electron chi connectivity index (χ4n) is 3.38. The van der Waals surface area contributed by atoms with Gasteiger partial charge in [0.05, 0.1) is 13.7 Å². The Morgan fingerprint density at radius 3 is 2.76 bits per heavy atom. The SMILES string of the molecule is CCNC(=NCCCN1CCCC1=O)NCCCc1ccc(OC)c(OCC)c1. The molecule has 0 bridgehead atoms. The summed E-state index contributed by atoms with van der Waals surface area (Å²) in [6.07, 6.45) is 4.53. The second-order valence-corrected chi connectivity index (χ2v) is 7.05. The minimum Gasteiger partial charge on any atom is -0.493 e. The van der Waals surface area contributed by atoms with Crippen LogP contribution in [0.2, 0.25) is 0 Å². The molecule has 7 nitrogen and oxygen atoms in total. The molecule has 7 heteroatoms. The van der Waals surface area contributed by atoms with Crippen molar-refractivity contribution in [2.75, 3.05) is 46.4 Å². The number of methoxy groups -OCH3 is 1. The molecule has 0 aromatic heterocycles. The molecule has 1 saturated heterocycles. The van der Waals surface area contributed by atoms with Crippen molar-refractivity contribution in [2.45, 2.75) is 46.0 Å². The zero-order chi connectivity index (χ0) is 20.9. The Hall–Kier alpha value is -2.44. The lowest BCUT2D eigenvalue weighted by atomic mass is 10.1. The first-order valence-electron chi connectivity index (χ1n) is 10.8. The van der Waals surface area contributed by atoms with Crippen LogP contribution >= 0.6 is 0 Å². The van der Waals surface area contributed by atoms with Gasteiger partial charge in [-0.1, -0.05) is 6.07 Å². The van der Waals surface area contributed by atoms with Gasteiger partial charge in [0.1, 0.15) is 0 Å². The lowest BCUT2D eigenvalue weighted by molar-refractivity contribution is -0.127. The fourth-order valence-corrected chi connectivity index (χ4v) is 3.38. The molecular formula is C22H36N4O3. The van der Waals surface area contributed by atoms with Gasteiger partial charge in [0.25, 0.3) is 0 Å². The van der Waals surface area contributed by atoms with E-state index >= 15 is 0 Å². The van der Waals surface area contributed by atoms with Gasteiger partial charge >= 0.3 is 0 Å². The number of carbonyl (C=O) groups excluding carboxylic acids is 1. The number of aliphatic imine (C=N–C) groups is 1. The van der Waals surface area contributed by atoms with E-state index in [0.717, 1.165) is 75.9 Å². The molecule has 1 aromatic rings. The summed E-state index contributed by atoms with van der Waals surface area (Å²) in [5.74, 6) is 2.69.